The Bertz CT molecular complexity index is 3310. The minimum Gasteiger partial charge on any atom is -0.249 e. The number of hydrogen-bond acceptors (Lipinski definition) is 3. The van der Waals surface area contributed by atoms with Crippen LogP contribution in [0.3, 0.4) is 0 Å². The molecule has 0 aromatic heterocycles. The second-order valence-electron chi connectivity index (χ2n) is 20.1. The topological polar surface area (TPSA) is 51.2 Å². The Balaban J connectivity index is 1.38. The van der Waals surface area contributed by atoms with E-state index in [0.717, 1.165) is 81.1 Å². The largest absolute Gasteiger partial charge is 0.249 e. The number of sulfone groups is 1. The van der Waals surface area contributed by atoms with Crippen molar-refractivity contribution in [1.82, 2.24) is 0 Å². The van der Waals surface area contributed by atoms with Gasteiger partial charge in [-0.15, -0.1) is 0 Å². The summed E-state index contributed by atoms with van der Waals surface area (Å²) in [5.74, 6) is 1.50. The molecule has 5 heteroatoms. The van der Waals surface area contributed by atoms with Gasteiger partial charge in [0.1, 0.15) is 0 Å². The molecule has 6 aromatic carbocycles. The Morgan fingerprint density at radius 2 is 0.857 bits per heavy atom. The first-order valence-electron chi connectivity index (χ1n) is 23.0. The van der Waals surface area contributed by atoms with E-state index >= 15 is 12.6 Å². The maximum atomic E-state index is 15.1. The van der Waals surface area contributed by atoms with Crippen molar-refractivity contribution in [2.45, 2.75) is 128 Å². The monoisotopic (exact) mass is 866 g/mol. The van der Waals surface area contributed by atoms with Crippen molar-refractivity contribution in [3.05, 3.63) is 184 Å². The van der Waals surface area contributed by atoms with Crippen molar-refractivity contribution in [1.29, 1.82) is 0 Å². The van der Waals surface area contributed by atoms with Gasteiger partial charge in [-0.25, -0.2) is 12.6 Å². The van der Waals surface area contributed by atoms with E-state index in [1.54, 1.807) is 6.07 Å². The molecular formula is C58H58O3S2. The highest BCUT2D eigenvalue weighted by Crippen LogP contribution is 2.54. The minimum absolute atomic E-state index is 0.163. The van der Waals surface area contributed by atoms with E-state index in [9.17, 15) is 0 Å². The Hall–Kier alpha value is -5.10. The number of fused-ring (bicyclic) bond motifs is 9. The number of rotatable bonds is 8. The van der Waals surface area contributed by atoms with Crippen molar-refractivity contribution in [3.8, 4) is 0 Å². The molecule has 0 amide bonds. The maximum Gasteiger partial charge on any atom is 0.208 e. The van der Waals surface area contributed by atoms with E-state index in [2.05, 4.69) is 144 Å². The molecule has 2 heterocycles. The van der Waals surface area contributed by atoms with Crippen LogP contribution in [0.15, 0.2) is 117 Å². The molecule has 4 aliphatic rings. The summed E-state index contributed by atoms with van der Waals surface area (Å²) in [5.41, 5.74) is 17.4. The van der Waals surface area contributed by atoms with Gasteiger partial charge in [-0.3, -0.25) is 0 Å². The molecule has 6 aromatic rings. The van der Waals surface area contributed by atoms with Crippen LogP contribution in [0.4, 0.5) is 0 Å². The van der Waals surface area contributed by atoms with Gasteiger partial charge in [0.25, 0.3) is 0 Å². The van der Waals surface area contributed by atoms with Crippen molar-refractivity contribution in [2.75, 3.05) is 0 Å². The molecule has 0 bridgehead atoms. The average Bonchev–Trinajstić information content (AvgIpc) is 3.91. The molecule has 320 valence electrons. The summed E-state index contributed by atoms with van der Waals surface area (Å²) in [6.45, 7) is 27.0. The zero-order valence-electron chi connectivity index (χ0n) is 38.7. The lowest BCUT2D eigenvalue weighted by molar-refractivity contribution is 0.604. The summed E-state index contributed by atoms with van der Waals surface area (Å²) in [6, 6.07) is 34.4. The summed E-state index contributed by atoms with van der Waals surface area (Å²) in [6.07, 6.45) is 0. The van der Waals surface area contributed by atoms with Crippen LogP contribution >= 0.6 is 0 Å². The molecule has 2 aliphatic heterocycles. The summed E-state index contributed by atoms with van der Waals surface area (Å²) in [5, 5.41) is 4.14. The quantitative estimate of drug-likeness (QED) is 0.153. The van der Waals surface area contributed by atoms with Gasteiger partial charge in [0.05, 0.1) is 30.4 Å². The molecule has 0 saturated carbocycles. The Labute approximate surface area is 376 Å². The van der Waals surface area contributed by atoms with Crippen LogP contribution in [0.25, 0.3) is 33.1 Å². The van der Waals surface area contributed by atoms with E-state index in [1.165, 1.54) is 38.9 Å². The van der Waals surface area contributed by atoms with Gasteiger partial charge in [-0.2, -0.15) is 0 Å². The minimum atomic E-state index is -3.86. The predicted molar refractivity (Wildman–Crippen MR) is 264 cm³/mol. The first-order valence-corrected chi connectivity index (χ1v) is 25.6. The van der Waals surface area contributed by atoms with Crippen LogP contribution < -0.4 is 10.4 Å². The van der Waals surface area contributed by atoms with Crippen LogP contribution in [0.5, 0.6) is 0 Å². The summed E-state index contributed by atoms with van der Waals surface area (Å²) < 4.78 is 45.2. The molecular weight excluding hydrogens is 809 g/mol. The Morgan fingerprint density at radius 3 is 1.35 bits per heavy atom. The van der Waals surface area contributed by atoms with Gasteiger partial charge in [-0.1, -0.05) is 144 Å². The number of hydrogen-bond donors (Lipinski definition) is 0. The lowest BCUT2D eigenvalue weighted by atomic mass is 9.81. The van der Waals surface area contributed by atoms with E-state index < -0.39 is 20.6 Å². The van der Waals surface area contributed by atoms with Crippen molar-refractivity contribution >= 4 is 53.7 Å². The highest BCUT2D eigenvalue weighted by Gasteiger charge is 2.44. The normalized spacial score (nSPS) is 17.1. The number of allylic oxidation sites excluding steroid dienone is 2. The van der Waals surface area contributed by atoms with Crippen molar-refractivity contribution in [3.63, 3.8) is 0 Å². The van der Waals surface area contributed by atoms with Gasteiger partial charge in [0.15, 0.2) is 0 Å². The Morgan fingerprint density at radius 1 is 0.429 bits per heavy atom. The van der Waals surface area contributed by atoms with Crippen LogP contribution in [-0.4, -0.2) is 12.6 Å². The molecule has 0 radical (unpaired) electrons. The smallest absolute Gasteiger partial charge is 0.208 e. The van der Waals surface area contributed by atoms with Crippen LogP contribution in [-0.2, 0) is 20.6 Å². The van der Waals surface area contributed by atoms with Crippen LogP contribution in [0, 0.1) is 0 Å². The maximum absolute atomic E-state index is 15.1. The van der Waals surface area contributed by atoms with Gasteiger partial charge < -0.3 is 0 Å². The van der Waals surface area contributed by atoms with Gasteiger partial charge in [0, 0.05) is 33.4 Å². The van der Waals surface area contributed by atoms with Gasteiger partial charge in [0.2, 0.25) is 9.84 Å². The molecule has 2 aliphatic carbocycles. The third-order valence-electron chi connectivity index (χ3n) is 14.1. The molecule has 0 spiro atoms. The Kier molecular flexibility index (Phi) is 9.79. The zero-order valence-corrected chi connectivity index (χ0v) is 40.4. The van der Waals surface area contributed by atoms with E-state index in [1.807, 2.05) is 30.3 Å². The highest BCUT2D eigenvalue weighted by atomic mass is 32.2. The molecule has 0 fully saturated rings. The number of benzene rings is 6. The lowest BCUT2D eigenvalue weighted by Gasteiger charge is -2.25. The fraction of sp³-hybridized carbons (Fsp3) is 0.310. The second kappa shape index (κ2) is 14.7. The zero-order chi connectivity index (χ0) is 44.7. The summed E-state index contributed by atoms with van der Waals surface area (Å²) in [7, 11) is -5.24. The fourth-order valence-electron chi connectivity index (χ4n) is 10.9. The fourth-order valence-corrected chi connectivity index (χ4v) is 14.4. The highest BCUT2D eigenvalue weighted by molar-refractivity contribution is 7.96. The first kappa shape index (κ1) is 41.9. The van der Waals surface area contributed by atoms with Crippen LogP contribution in [0.1, 0.15) is 185 Å². The lowest BCUT2D eigenvalue weighted by Crippen LogP contribution is -2.18. The van der Waals surface area contributed by atoms with Crippen molar-refractivity contribution in [2.24, 2.45) is 0 Å². The SMILES string of the molecule is CC(C)c1cc(C(C)C)c(C2=c3cc4cc5c(cc4cc3C3=C2S(=O)c2ccccc23)=C(c2c(C(C)C)cc(C(C)C)cc2C(C)C)C2=C5c3ccccc3S2(=O)=O)c(C(C)C)c1. The molecule has 63 heavy (non-hydrogen) atoms. The molecule has 1 unspecified atom stereocenters. The third-order valence-corrected chi connectivity index (χ3v) is 17.5. The predicted octanol–water partition coefficient (Wildman–Crippen LogP) is 13.4. The van der Waals surface area contributed by atoms with Crippen molar-refractivity contribution < 1.29 is 12.6 Å². The second-order valence-corrected chi connectivity index (χ2v) is 23.4. The summed E-state index contributed by atoms with van der Waals surface area (Å²) >= 11 is 0. The molecule has 1 atom stereocenters. The third kappa shape index (κ3) is 6.01. The molecule has 0 N–H and O–H groups in total. The molecule has 10 rings (SSSR count). The average molecular weight is 867 g/mol. The van der Waals surface area contributed by atoms with Gasteiger partial charge in [-0.05, 0) is 149 Å². The van der Waals surface area contributed by atoms with E-state index in [0.29, 0.717) is 21.6 Å². The first-order chi connectivity index (χ1) is 29.9. The summed E-state index contributed by atoms with van der Waals surface area (Å²) in [4.78, 5) is 2.60. The molecule has 3 nitrogen and oxygen atoms in total. The van der Waals surface area contributed by atoms with E-state index in [-0.39, 0.29) is 23.7 Å². The van der Waals surface area contributed by atoms with Crippen LogP contribution in [0.2, 0.25) is 0 Å². The van der Waals surface area contributed by atoms with E-state index in [4.69, 9.17) is 0 Å². The standard InChI is InChI=1S/C58H58O3S2/c1-29(2)35-21-41(31(5)6)51(42(22-35)32(7)8)55-47-27-38-26-46-48(28-37(38)25-45(47)53-39-17-13-15-19-49(39)62(59)57(53)55)56(58-54(46)40-18-14-16-20-50(40)63(58,60)61)52-43(33(9)10)23-36(30(3)4)24-44(52)34(11)12/h13-34H,1-12H3. The van der Waals surface area contributed by atoms with Gasteiger partial charge >= 0.3 is 0 Å². The molecule has 0 saturated heterocycles.